The highest BCUT2D eigenvalue weighted by Crippen LogP contribution is 2.30. The highest BCUT2D eigenvalue weighted by molar-refractivity contribution is 5.51. The highest BCUT2D eigenvalue weighted by atomic mass is 19.4. The maximum Gasteiger partial charge on any atom is 0.416 e. The van der Waals surface area contributed by atoms with Crippen molar-refractivity contribution in [2.24, 2.45) is 0 Å². The Hall–Kier alpha value is -1.36. The number of hydrogen-bond acceptors (Lipinski definition) is 1. The van der Waals surface area contributed by atoms with Gasteiger partial charge in [-0.15, -0.1) is 0 Å². The Bertz CT molecular complexity index is 382. The lowest BCUT2D eigenvalue weighted by molar-refractivity contribution is -0.137. The highest BCUT2D eigenvalue weighted by Gasteiger charge is 2.30. The molecule has 5 heteroatoms. The number of benzene rings is 1. The second-order valence-electron chi connectivity index (χ2n) is 3.19. The number of halogens is 4. The summed E-state index contributed by atoms with van der Waals surface area (Å²) in [5.74, 6) is -0.666. The molecule has 0 saturated carbocycles. The van der Waals surface area contributed by atoms with Crippen molar-refractivity contribution < 1.29 is 17.6 Å². The Balaban J connectivity index is 3.00. The molecule has 0 unspecified atom stereocenters. The molecule has 0 aliphatic heterocycles. The molecule has 0 heterocycles. The van der Waals surface area contributed by atoms with Gasteiger partial charge < -0.3 is 5.32 Å². The Labute approximate surface area is 90.8 Å². The topological polar surface area (TPSA) is 12.0 Å². The molecule has 1 aromatic rings. The zero-order chi connectivity index (χ0) is 12.2. The summed E-state index contributed by atoms with van der Waals surface area (Å²) in [6, 6.07) is 2.34. The normalized spacial score (nSPS) is 12.3. The fourth-order valence-electron chi connectivity index (χ4n) is 1.15. The van der Waals surface area contributed by atoms with Crippen LogP contribution in [0, 0.1) is 5.82 Å². The number of alkyl halides is 3. The predicted molar refractivity (Wildman–Crippen MR) is 54.4 cm³/mol. The van der Waals surface area contributed by atoms with Crippen molar-refractivity contribution in [3.63, 3.8) is 0 Å². The molecule has 0 aromatic heterocycles. The van der Waals surface area contributed by atoms with Crippen LogP contribution in [-0.2, 0) is 6.18 Å². The van der Waals surface area contributed by atoms with E-state index in [1.54, 1.807) is 13.1 Å². The van der Waals surface area contributed by atoms with E-state index in [-0.39, 0.29) is 5.56 Å². The van der Waals surface area contributed by atoms with E-state index in [0.29, 0.717) is 6.54 Å². The summed E-state index contributed by atoms with van der Waals surface area (Å²) in [7, 11) is 1.69. The van der Waals surface area contributed by atoms with Crippen molar-refractivity contribution in [2.75, 3.05) is 13.6 Å². The minimum absolute atomic E-state index is 0.0647. The van der Waals surface area contributed by atoms with Crippen LogP contribution in [0.5, 0.6) is 0 Å². The van der Waals surface area contributed by atoms with Crippen LogP contribution < -0.4 is 5.32 Å². The van der Waals surface area contributed by atoms with Gasteiger partial charge in [0, 0.05) is 12.1 Å². The van der Waals surface area contributed by atoms with Crippen LogP contribution >= 0.6 is 0 Å². The molecule has 0 spiro atoms. The van der Waals surface area contributed by atoms with Gasteiger partial charge in [0.2, 0.25) is 0 Å². The minimum Gasteiger partial charge on any atom is -0.316 e. The quantitative estimate of drug-likeness (QED) is 0.791. The van der Waals surface area contributed by atoms with Crippen LogP contribution in [0.2, 0.25) is 0 Å². The zero-order valence-corrected chi connectivity index (χ0v) is 8.61. The monoisotopic (exact) mass is 233 g/mol. The van der Waals surface area contributed by atoms with Crippen molar-refractivity contribution in [3.05, 3.63) is 41.2 Å². The molecule has 0 radical (unpaired) electrons. The van der Waals surface area contributed by atoms with Crippen LogP contribution in [0.25, 0.3) is 6.08 Å². The number of nitrogens with one attached hydrogen (secondary N) is 1. The third-order valence-electron chi connectivity index (χ3n) is 1.94. The van der Waals surface area contributed by atoms with Crippen LogP contribution in [0.4, 0.5) is 17.6 Å². The van der Waals surface area contributed by atoms with Gasteiger partial charge in [0.05, 0.1) is 5.56 Å². The molecular weight excluding hydrogens is 222 g/mol. The lowest BCUT2D eigenvalue weighted by Gasteiger charge is -2.07. The zero-order valence-electron chi connectivity index (χ0n) is 8.61. The molecule has 1 aromatic carbocycles. The fraction of sp³-hybridized carbons (Fsp3) is 0.273. The van der Waals surface area contributed by atoms with Gasteiger partial charge in [-0.2, -0.15) is 13.2 Å². The van der Waals surface area contributed by atoms with Gasteiger partial charge in [-0.05, 0) is 25.2 Å². The van der Waals surface area contributed by atoms with Crippen molar-refractivity contribution in [1.29, 1.82) is 0 Å². The summed E-state index contributed by atoms with van der Waals surface area (Å²) in [5, 5.41) is 2.77. The third kappa shape index (κ3) is 3.34. The first-order chi connectivity index (χ1) is 7.45. The molecule has 0 aliphatic rings. The van der Waals surface area contributed by atoms with E-state index < -0.39 is 17.6 Å². The van der Waals surface area contributed by atoms with E-state index in [1.807, 2.05) is 0 Å². The molecule has 1 rings (SSSR count). The molecule has 16 heavy (non-hydrogen) atoms. The Morgan fingerprint density at radius 2 is 2.00 bits per heavy atom. The van der Waals surface area contributed by atoms with Crippen molar-refractivity contribution in [1.82, 2.24) is 5.32 Å². The van der Waals surface area contributed by atoms with E-state index in [9.17, 15) is 17.6 Å². The standard InChI is InChI=1S/C11H11F4N/c1-16-6-2-3-8-7-9(11(13,14)15)4-5-10(8)12/h2-5,7,16H,6H2,1H3. The molecular formula is C11H11F4N. The molecule has 0 amide bonds. The van der Waals surface area contributed by atoms with Gasteiger partial charge in [0.25, 0.3) is 0 Å². The molecule has 0 fully saturated rings. The number of rotatable bonds is 3. The summed E-state index contributed by atoms with van der Waals surface area (Å²) in [6.07, 6.45) is -1.57. The van der Waals surface area contributed by atoms with Crippen LogP contribution in [0.15, 0.2) is 24.3 Å². The van der Waals surface area contributed by atoms with E-state index in [0.717, 1.165) is 18.2 Å². The molecule has 1 N–H and O–H groups in total. The SMILES string of the molecule is CNCC=Cc1cc(C(F)(F)F)ccc1F. The Kier molecular flexibility index (Phi) is 4.06. The van der Waals surface area contributed by atoms with Crippen molar-refractivity contribution in [2.45, 2.75) is 6.18 Å². The summed E-state index contributed by atoms with van der Waals surface area (Å²) in [6.45, 7) is 0.468. The third-order valence-corrected chi connectivity index (χ3v) is 1.94. The predicted octanol–water partition coefficient (Wildman–Crippen LogP) is 3.08. The van der Waals surface area contributed by atoms with E-state index in [4.69, 9.17) is 0 Å². The first kappa shape index (κ1) is 12.7. The molecule has 0 saturated heterocycles. The van der Waals surface area contributed by atoms with E-state index in [2.05, 4.69) is 5.32 Å². The lowest BCUT2D eigenvalue weighted by atomic mass is 10.1. The van der Waals surface area contributed by atoms with E-state index in [1.165, 1.54) is 6.08 Å². The van der Waals surface area contributed by atoms with E-state index >= 15 is 0 Å². The van der Waals surface area contributed by atoms with Crippen LogP contribution in [0.3, 0.4) is 0 Å². The Morgan fingerprint density at radius 3 is 2.56 bits per heavy atom. The summed E-state index contributed by atoms with van der Waals surface area (Å²) < 4.78 is 50.1. The minimum atomic E-state index is -4.45. The van der Waals surface area contributed by atoms with Gasteiger partial charge in [0.15, 0.2) is 0 Å². The van der Waals surface area contributed by atoms with Gasteiger partial charge in [-0.25, -0.2) is 4.39 Å². The first-order valence-corrected chi connectivity index (χ1v) is 4.63. The Morgan fingerprint density at radius 1 is 1.31 bits per heavy atom. The second kappa shape index (κ2) is 5.12. The number of hydrogen-bond donors (Lipinski definition) is 1. The first-order valence-electron chi connectivity index (χ1n) is 4.63. The second-order valence-corrected chi connectivity index (χ2v) is 3.19. The summed E-state index contributed by atoms with van der Waals surface area (Å²) in [5.41, 5.74) is -0.914. The molecule has 0 atom stereocenters. The average molecular weight is 233 g/mol. The molecule has 0 bridgehead atoms. The number of likely N-dealkylation sites (N-methyl/N-ethyl adjacent to an activating group) is 1. The van der Waals surface area contributed by atoms with Gasteiger partial charge in [-0.3, -0.25) is 0 Å². The van der Waals surface area contributed by atoms with Gasteiger partial charge >= 0.3 is 6.18 Å². The smallest absolute Gasteiger partial charge is 0.316 e. The maximum absolute atomic E-state index is 13.1. The van der Waals surface area contributed by atoms with Crippen molar-refractivity contribution in [3.8, 4) is 0 Å². The summed E-state index contributed by atoms with van der Waals surface area (Å²) in [4.78, 5) is 0. The van der Waals surface area contributed by atoms with Gasteiger partial charge in [-0.1, -0.05) is 12.2 Å². The summed E-state index contributed by atoms with van der Waals surface area (Å²) >= 11 is 0. The largest absolute Gasteiger partial charge is 0.416 e. The van der Waals surface area contributed by atoms with Crippen molar-refractivity contribution >= 4 is 6.08 Å². The molecule has 1 nitrogen and oxygen atoms in total. The maximum atomic E-state index is 13.1. The lowest BCUT2D eigenvalue weighted by Crippen LogP contribution is -2.06. The van der Waals surface area contributed by atoms with Crippen LogP contribution in [-0.4, -0.2) is 13.6 Å². The average Bonchev–Trinajstić information content (AvgIpc) is 2.19. The van der Waals surface area contributed by atoms with Crippen LogP contribution in [0.1, 0.15) is 11.1 Å². The van der Waals surface area contributed by atoms with Gasteiger partial charge in [0.1, 0.15) is 5.82 Å². The molecule has 88 valence electrons. The molecule has 0 aliphatic carbocycles. The fourth-order valence-corrected chi connectivity index (χ4v) is 1.15.